The summed E-state index contributed by atoms with van der Waals surface area (Å²) >= 11 is 0. The maximum Gasteiger partial charge on any atom is 0.172 e. The van der Waals surface area contributed by atoms with E-state index in [4.69, 9.17) is 48.7 Å². The molecule has 0 spiro atoms. The molecule has 0 aromatic heterocycles. The van der Waals surface area contributed by atoms with Crippen molar-refractivity contribution in [3.05, 3.63) is 24.3 Å². The van der Waals surface area contributed by atoms with E-state index in [-0.39, 0.29) is 54.6 Å². The van der Waals surface area contributed by atoms with Crippen LogP contribution in [0.4, 0.5) is 0 Å². The second kappa shape index (κ2) is 23.7. The molecule has 9 unspecified atom stereocenters. The Morgan fingerprint density at radius 1 is 0.943 bits per heavy atom. The summed E-state index contributed by atoms with van der Waals surface area (Å²) in [4.78, 5) is 12.7. The van der Waals surface area contributed by atoms with Gasteiger partial charge in [-0.15, -0.1) is 0 Å². The highest BCUT2D eigenvalue weighted by Gasteiger charge is 2.59. The summed E-state index contributed by atoms with van der Waals surface area (Å²) in [6, 6.07) is 0. The Morgan fingerprint density at radius 3 is 2.26 bits per heavy atom. The highest BCUT2D eigenvalue weighted by Crippen LogP contribution is 2.48. The topological polar surface area (TPSA) is 157 Å². The number of hydrogen-bond acceptors (Lipinski definition) is 12. The van der Waals surface area contributed by atoms with Crippen molar-refractivity contribution in [2.75, 3.05) is 47.2 Å². The molecular weight excluding hydrogens is 682 g/mol. The lowest BCUT2D eigenvalue weighted by atomic mass is 9.86. The van der Waals surface area contributed by atoms with Crippen LogP contribution in [0.2, 0.25) is 0 Å². The number of methoxy groups -OCH3 is 1. The molecule has 4 N–H and O–H groups in total. The Morgan fingerprint density at radius 2 is 1.68 bits per heavy atom. The second-order valence-electron chi connectivity index (χ2n) is 15.2. The van der Waals surface area contributed by atoms with Crippen LogP contribution in [0.3, 0.4) is 0 Å². The Balaban J connectivity index is 0.000000330. The minimum atomic E-state index is -0.844. The fourth-order valence-electron chi connectivity index (χ4n) is 8.01. The number of nitrogens with two attached hydrogens (primary N) is 1. The van der Waals surface area contributed by atoms with Gasteiger partial charge >= 0.3 is 0 Å². The lowest BCUT2D eigenvalue weighted by Crippen LogP contribution is -2.58. The number of carbonyl (C=O) groups excluding carboxylic acids is 1. The molecule has 7 heterocycles. The van der Waals surface area contributed by atoms with Gasteiger partial charge in [-0.2, -0.15) is 0 Å². The van der Waals surface area contributed by atoms with Gasteiger partial charge in [-0.3, -0.25) is 4.79 Å². The van der Waals surface area contributed by atoms with Gasteiger partial charge in [0.1, 0.15) is 18.0 Å². The van der Waals surface area contributed by atoms with E-state index < -0.39 is 11.9 Å². The average molecular weight is 756 g/mol. The molecule has 0 aliphatic carbocycles. The van der Waals surface area contributed by atoms with Gasteiger partial charge < -0.3 is 53.8 Å². The summed E-state index contributed by atoms with van der Waals surface area (Å²) in [6.07, 6.45) is 9.64. The van der Waals surface area contributed by atoms with Crippen molar-refractivity contribution in [1.82, 2.24) is 0 Å². The molecule has 0 saturated carbocycles. The van der Waals surface area contributed by atoms with Crippen LogP contribution >= 0.6 is 0 Å². The van der Waals surface area contributed by atoms with Crippen molar-refractivity contribution < 1.29 is 52.9 Å². The van der Waals surface area contributed by atoms with Gasteiger partial charge in [-0.25, -0.2) is 0 Å². The molecule has 7 fully saturated rings. The third-order valence-electron chi connectivity index (χ3n) is 11.1. The first-order valence-corrected chi connectivity index (χ1v) is 20.3. The van der Waals surface area contributed by atoms with Crippen LogP contribution in [0.1, 0.15) is 111 Å². The third-order valence-corrected chi connectivity index (χ3v) is 11.1. The molecule has 12 atom stereocenters. The summed E-state index contributed by atoms with van der Waals surface area (Å²) in [5, 5.41) is 17.8. The maximum atomic E-state index is 12.7. The van der Waals surface area contributed by atoms with Crippen molar-refractivity contribution >= 4 is 5.78 Å². The molecule has 0 amide bonds. The molecule has 7 aliphatic rings. The van der Waals surface area contributed by atoms with Crippen LogP contribution in [-0.2, 0) is 42.7 Å². The Kier molecular flexibility index (Phi) is 20.6. The van der Waals surface area contributed by atoms with Crippen molar-refractivity contribution in [1.29, 1.82) is 0 Å². The van der Waals surface area contributed by atoms with E-state index in [1.807, 2.05) is 20.8 Å². The van der Waals surface area contributed by atoms with E-state index in [1.165, 1.54) is 18.4 Å². The highest BCUT2D eigenvalue weighted by atomic mass is 16.7. The molecule has 12 heteroatoms. The van der Waals surface area contributed by atoms with Gasteiger partial charge in [0.25, 0.3) is 0 Å². The molecule has 308 valence electrons. The molecular formula is C41H73NO11. The summed E-state index contributed by atoms with van der Waals surface area (Å²) < 4.78 is 47.4. The van der Waals surface area contributed by atoms with Gasteiger partial charge in [0.2, 0.25) is 0 Å². The molecule has 4 bridgehead atoms. The molecule has 0 radical (unpaired) electrons. The van der Waals surface area contributed by atoms with Gasteiger partial charge in [-0.05, 0) is 69.8 Å². The predicted octanol–water partition coefficient (Wildman–Crippen LogP) is 5.19. The quantitative estimate of drug-likeness (QED) is 0.251. The fourth-order valence-corrected chi connectivity index (χ4v) is 8.01. The van der Waals surface area contributed by atoms with Crippen LogP contribution in [0.5, 0.6) is 0 Å². The number of ether oxygens (including phenoxy) is 8. The van der Waals surface area contributed by atoms with Crippen LogP contribution in [-0.4, -0.2) is 130 Å². The Hall–Kier alpha value is -1.29. The lowest BCUT2D eigenvalue weighted by Gasteiger charge is -2.47. The molecule has 53 heavy (non-hydrogen) atoms. The van der Waals surface area contributed by atoms with E-state index in [0.717, 1.165) is 64.4 Å². The monoisotopic (exact) mass is 756 g/mol. The van der Waals surface area contributed by atoms with Crippen LogP contribution in [0.25, 0.3) is 0 Å². The van der Waals surface area contributed by atoms with Gasteiger partial charge in [0.15, 0.2) is 5.79 Å². The molecule has 0 aromatic rings. The number of ketones is 1. The van der Waals surface area contributed by atoms with Crippen molar-refractivity contribution in [3.8, 4) is 0 Å². The number of aliphatic hydroxyl groups is 2. The summed E-state index contributed by atoms with van der Waals surface area (Å²) in [5.41, 5.74) is 7.53. The molecule has 0 aromatic carbocycles. The zero-order chi connectivity index (χ0) is 39.0. The largest absolute Gasteiger partial charge is 0.400 e. The Bertz CT molecular complexity index is 1070. The number of aliphatic hydroxyl groups excluding tert-OH is 2. The van der Waals surface area contributed by atoms with Gasteiger partial charge in [0.05, 0.1) is 62.0 Å². The van der Waals surface area contributed by atoms with E-state index in [0.29, 0.717) is 63.9 Å². The molecule has 7 saturated heterocycles. The van der Waals surface area contributed by atoms with E-state index in [9.17, 15) is 9.90 Å². The standard InChI is InChI=1S/C26H38O8.C8H14O.C4H11NO.C2H6.CH4O/c1-15-8-18(30-13-15)4-6-26-12-20(28)24(34-26)22-11-23(33-26)25-21(32-22)3-2-19(31-25)10-17(27)9-16-5-7-29-14-16;1-3-8-5-4-7(2)6-9-8;1-4(3-5)6-2;2*1-2/h16,18-25,28H,1-14H2;8H,2-6H2,1H3;4H,3,5H2,1-2H3;1-2H3;2H,1H3/t16?,18?,19?,20?,21?,22?,23?,24?,25-,26+;8-;;;/m00.../s1. The second-order valence-corrected chi connectivity index (χ2v) is 15.2. The lowest BCUT2D eigenvalue weighted by molar-refractivity contribution is -0.277. The zero-order valence-electron chi connectivity index (χ0n) is 33.6. The van der Waals surface area contributed by atoms with Crippen LogP contribution < -0.4 is 5.73 Å². The van der Waals surface area contributed by atoms with E-state index >= 15 is 0 Å². The minimum Gasteiger partial charge on any atom is -0.400 e. The number of hydrogen-bond donors (Lipinski definition) is 3. The SMILES string of the molecule is C=C1CC[C@H](CC)OC1.C=C1COC(CC[C@]23CC(O)C(O2)C2CC(O3)[C@H]3OC(CC(=O)CC4CCOC4)CCC3O2)C1.CC.CO.COC(C)CN. The summed E-state index contributed by atoms with van der Waals surface area (Å²) in [7, 11) is 2.65. The van der Waals surface area contributed by atoms with Crippen molar-refractivity contribution in [2.24, 2.45) is 11.7 Å². The summed E-state index contributed by atoms with van der Waals surface area (Å²) in [6.45, 7) is 19.5. The number of Topliss-reactive ketones (excluding diaryl/α,β-unsaturated/α-hetero) is 1. The van der Waals surface area contributed by atoms with Crippen molar-refractivity contribution in [3.63, 3.8) is 0 Å². The van der Waals surface area contributed by atoms with E-state index in [1.54, 1.807) is 7.11 Å². The Labute approximate surface area is 319 Å². The average Bonchev–Trinajstić information content (AvgIpc) is 3.91. The first-order valence-electron chi connectivity index (χ1n) is 20.3. The number of carbonyl (C=O) groups is 1. The fraction of sp³-hybridized carbons (Fsp3) is 0.878. The maximum absolute atomic E-state index is 12.7. The highest BCUT2D eigenvalue weighted by molar-refractivity contribution is 5.79. The zero-order valence-corrected chi connectivity index (χ0v) is 33.6. The summed E-state index contributed by atoms with van der Waals surface area (Å²) in [5.74, 6) is -0.229. The third kappa shape index (κ3) is 14.0. The van der Waals surface area contributed by atoms with Crippen LogP contribution in [0.15, 0.2) is 24.3 Å². The normalized spacial score (nSPS) is 37.5. The smallest absolute Gasteiger partial charge is 0.172 e. The predicted molar refractivity (Wildman–Crippen MR) is 204 cm³/mol. The van der Waals surface area contributed by atoms with Crippen molar-refractivity contribution in [2.45, 2.75) is 178 Å². The number of fused-ring (bicyclic) bond motifs is 7. The molecule has 7 aliphatic heterocycles. The van der Waals surface area contributed by atoms with Crippen LogP contribution in [0, 0.1) is 5.92 Å². The molecule has 12 nitrogen and oxygen atoms in total. The minimum absolute atomic E-state index is 0.0907. The van der Waals surface area contributed by atoms with Gasteiger partial charge in [0, 0.05) is 66.1 Å². The van der Waals surface area contributed by atoms with E-state index in [2.05, 4.69) is 20.1 Å². The first kappa shape index (κ1) is 46.1. The number of rotatable bonds is 10. The molecule has 7 rings (SSSR count). The first-order chi connectivity index (χ1) is 25.6. The van der Waals surface area contributed by atoms with Gasteiger partial charge in [-0.1, -0.05) is 39.5 Å².